The van der Waals surface area contributed by atoms with Crippen LogP contribution in [-0.2, 0) is 11.2 Å². The standard InChI is InChI=1S/C15H13NO2S/c1-9-12-5-4-10(15(17)18)7-13(12)19-14(9)11-3-2-6-16-8-11/h2-3,6-8H,4-5H2,1H3,(H,17,18). The lowest BCUT2D eigenvalue weighted by Crippen LogP contribution is -2.06. The molecule has 0 saturated heterocycles. The van der Waals surface area contributed by atoms with Gasteiger partial charge in [-0.2, -0.15) is 0 Å². The van der Waals surface area contributed by atoms with Crippen molar-refractivity contribution in [1.82, 2.24) is 4.98 Å². The maximum Gasteiger partial charge on any atom is 0.331 e. The van der Waals surface area contributed by atoms with Gasteiger partial charge in [-0.1, -0.05) is 6.07 Å². The van der Waals surface area contributed by atoms with Gasteiger partial charge in [0.05, 0.1) is 0 Å². The Morgan fingerprint density at radius 1 is 1.42 bits per heavy atom. The third-order valence-corrected chi connectivity index (χ3v) is 4.78. The van der Waals surface area contributed by atoms with E-state index in [0.717, 1.165) is 16.9 Å². The SMILES string of the molecule is Cc1c(-c2cccnc2)sc2c1CCC(C(=O)O)=C2. The molecule has 4 heteroatoms. The number of aliphatic carboxylic acids is 1. The second-order valence-corrected chi connectivity index (χ2v) is 5.67. The number of hydrogen-bond donors (Lipinski definition) is 1. The molecule has 19 heavy (non-hydrogen) atoms. The molecule has 0 fully saturated rings. The van der Waals surface area contributed by atoms with Crippen molar-refractivity contribution in [3.05, 3.63) is 46.1 Å². The first kappa shape index (κ1) is 12.1. The van der Waals surface area contributed by atoms with E-state index in [2.05, 4.69) is 11.9 Å². The van der Waals surface area contributed by atoms with Gasteiger partial charge in [-0.05, 0) is 43.0 Å². The fourth-order valence-electron chi connectivity index (χ4n) is 2.43. The molecule has 0 radical (unpaired) electrons. The number of thiophene rings is 1. The molecule has 2 aromatic heterocycles. The van der Waals surface area contributed by atoms with E-state index in [4.69, 9.17) is 5.11 Å². The Bertz CT molecular complexity index is 671. The minimum absolute atomic E-state index is 0.506. The Kier molecular flexibility index (Phi) is 2.95. The monoisotopic (exact) mass is 271 g/mol. The number of carbonyl (C=O) groups is 1. The van der Waals surface area contributed by atoms with Crippen LogP contribution >= 0.6 is 11.3 Å². The first-order valence-corrected chi connectivity index (χ1v) is 6.95. The van der Waals surface area contributed by atoms with Gasteiger partial charge in [0.15, 0.2) is 0 Å². The Morgan fingerprint density at radius 3 is 2.95 bits per heavy atom. The molecule has 96 valence electrons. The van der Waals surface area contributed by atoms with Gasteiger partial charge in [0.25, 0.3) is 0 Å². The number of fused-ring (bicyclic) bond motifs is 1. The first-order chi connectivity index (χ1) is 9.16. The van der Waals surface area contributed by atoms with Crippen molar-refractivity contribution in [3.63, 3.8) is 0 Å². The summed E-state index contributed by atoms with van der Waals surface area (Å²) in [5, 5.41) is 9.08. The molecule has 0 spiro atoms. The van der Waals surface area contributed by atoms with E-state index in [9.17, 15) is 4.79 Å². The Balaban J connectivity index is 2.11. The third kappa shape index (κ3) is 2.08. The second-order valence-electron chi connectivity index (χ2n) is 4.62. The van der Waals surface area contributed by atoms with Crippen LogP contribution in [0.4, 0.5) is 0 Å². The number of nitrogens with zero attached hydrogens (tertiary/aromatic N) is 1. The quantitative estimate of drug-likeness (QED) is 0.909. The number of hydrogen-bond acceptors (Lipinski definition) is 3. The minimum atomic E-state index is -0.806. The van der Waals surface area contributed by atoms with E-state index in [-0.39, 0.29) is 0 Å². The zero-order valence-corrected chi connectivity index (χ0v) is 11.3. The molecule has 0 saturated carbocycles. The molecule has 3 nitrogen and oxygen atoms in total. The fraction of sp³-hybridized carbons (Fsp3) is 0.200. The van der Waals surface area contributed by atoms with Crippen molar-refractivity contribution in [1.29, 1.82) is 0 Å². The van der Waals surface area contributed by atoms with Gasteiger partial charge >= 0.3 is 5.97 Å². The maximum absolute atomic E-state index is 11.1. The molecule has 0 bridgehead atoms. The lowest BCUT2D eigenvalue weighted by molar-refractivity contribution is -0.132. The number of carboxylic acid groups (broad SMARTS) is 1. The molecule has 2 aromatic rings. The van der Waals surface area contributed by atoms with Gasteiger partial charge in [-0.3, -0.25) is 4.98 Å². The van der Waals surface area contributed by atoms with Crippen molar-refractivity contribution in [2.75, 3.05) is 0 Å². The molecule has 0 atom stereocenters. The van der Waals surface area contributed by atoms with Gasteiger partial charge in [-0.25, -0.2) is 4.79 Å². The second kappa shape index (κ2) is 4.63. The van der Waals surface area contributed by atoms with Gasteiger partial charge in [0, 0.05) is 33.3 Å². The molecular weight excluding hydrogens is 258 g/mol. The van der Waals surface area contributed by atoms with E-state index in [0.29, 0.717) is 12.0 Å². The van der Waals surface area contributed by atoms with Crippen molar-refractivity contribution < 1.29 is 9.90 Å². The highest BCUT2D eigenvalue weighted by Crippen LogP contribution is 2.40. The molecule has 0 aromatic carbocycles. The zero-order chi connectivity index (χ0) is 13.4. The van der Waals surface area contributed by atoms with Crippen LogP contribution in [0.5, 0.6) is 0 Å². The highest BCUT2D eigenvalue weighted by atomic mass is 32.1. The molecule has 1 N–H and O–H groups in total. The van der Waals surface area contributed by atoms with Gasteiger partial charge in [0.2, 0.25) is 0 Å². The van der Waals surface area contributed by atoms with Crippen molar-refractivity contribution >= 4 is 23.4 Å². The lowest BCUT2D eigenvalue weighted by Gasteiger charge is -2.10. The summed E-state index contributed by atoms with van der Waals surface area (Å²) in [6, 6.07) is 3.96. The van der Waals surface area contributed by atoms with Crippen molar-refractivity contribution in [3.8, 4) is 10.4 Å². The molecule has 0 unspecified atom stereocenters. The highest BCUT2D eigenvalue weighted by Gasteiger charge is 2.21. The summed E-state index contributed by atoms with van der Waals surface area (Å²) in [6.45, 7) is 2.11. The van der Waals surface area contributed by atoms with Gasteiger partial charge < -0.3 is 5.11 Å². The van der Waals surface area contributed by atoms with Gasteiger partial charge in [0.1, 0.15) is 0 Å². The maximum atomic E-state index is 11.1. The summed E-state index contributed by atoms with van der Waals surface area (Å²) in [5.74, 6) is -0.806. The van der Waals surface area contributed by atoms with Crippen LogP contribution in [0.25, 0.3) is 16.5 Å². The number of carboxylic acids is 1. The lowest BCUT2D eigenvalue weighted by atomic mass is 9.94. The zero-order valence-electron chi connectivity index (χ0n) is 10.5. The average molecular weight is 271 g/mol. The van der Waals surface area contributed by atoms with Crippen molar-refractivity contribution in [2.24, 2.45) is 0 Å². The van der Waals surface area contributed by atoms with Crippen LogP contribution in [0.3, 0.4) is 0 Å². The normalized spacial score (nSPS) is 13.8. The molecule has 0 amide bonds. The van der Waals surface area contributed by atoms with Crippen LogP contribution in [0.15, 0.2) is 30.1 Å². The highest BCUT2D eigenvalue weighted by molar-refractivity contribution is 7.16. The number of pyridine rings is 1. The minimum Gasteiger partial charge on any atom is -0.478 e. The van der Waals surface area contributed by atoms with E-state index in [1.54, 1.807) is 17.5 Å². The van der Waals surface area contributed by atoms with Crippen LogP contribution in [-0.4, -0.2) is 16.1 Å². The van der Waals surface area contributed by atoms with E-state index in [1.165, 1.54) is 16.0 Å². The molecular formula is C15H13NO2S. The molecule has 2 heterocycles. The topological polar surface area (TPSA) is 50.2 Å². The Labute approximate surface area is 115 Å². The Morgan fingerprint density at radius 2 is 2.26 bits per heavy atom. The molecule has 3 rings (SSSR count). The van der Waals surface area contributed by atoms with E-state index < -0.39 is 5.97 Å². The van der Waals surface area contributed by atoms with Crippen molar-refractivity contribution in [2.45, 2.75) is 19.8 Å². The summed E-state index contributed by atoms with van der Waals surface area (Å²) in [4.78, 5) is 17.5. The summed E-state index contributed by atoms with van der Waals surface area (Å²) < 4.78 is 0. The molecule has 0 aliphatic heterocycles. The van der Waals surface area contributed by atoms with Gasteiger partial charge in [-0.15, -0.1) is 11.3 Å². The van der Waals surface area contributed by atoms with Crippen LogP contribution in [0.2, 0.25) is 0 Å². The smallest absolute Gasteiger partial charge is 0.331 e. The summed E-state index contributed by atoms with van der Waals surface area (Å²) >= 11 is 1.66. The van der Waals surface area contributed by atoms with Crippen LogP contribution < -0.4 is 0 Å². The average Bonchev–Trinajstić information content (AvgIpc) is 2.76. The summed E-state index contributed by atoms with van der Waals surface area (Å²) in [6.07, 6.45) is 6.86. The predicted molar refractivity (Wildman–Crippen MR) is 76.2 cm³/mol. The number of rotatable bonds is 2. The van der Waals surface area contributed by atoms with Crippen LogP contribution in [0.1, 0.15) is 22.4 Å². The summed E-state index contributed by atoms with van der Waals surface area (Å²) in [7, 11) is 0. The van der Waals surface area contributed by atoms with E-state index >= 15 is 0 Å². The van der Waals surface area contributed by atoms with E-state index in [1.807, 2.05) is 24.4 Å². The number of aromatic nitrogens is 1. The first-order valence-electron chi connectivity index (χ1n) is 6.13. The fourth-order valence-corrected chi connectivity index (χ4v) is 3.74. The largest absolute Gasteiger partial charge is 0.478 e. The Hall–Kier alpha value is -1.94. The van der Waals surface area contributed by atoms with Crippen LogP contribution in [0, 0.1) is 6.92 Å². The predicted octanol–water partition coefficient (Wildman–Crippen LogP) is 3.53. The summed E-state index contributed by atoms with van der Waals surface area (Å²) in [5.41, 5.74) is 4.15. The third-order valence-electron chi connectivity index (χ3n) is 3.45. The molecule has 1 aliphatic rings. The molecule has 1 aliphatic carbocycles.